The van der Waals surface area contributed by atoms with Gasteiger partial charge in [-0.15, -0.1) is 0 Å². The zero-order valence-corrected chi connectivity index (χ0v) is 10.2. The van der Waals surface area contributed by atoms with Crippen molar-refractivity contribution in [3.8, 4) is 0 Å². The summed E-state index contributed by atoms with van der Waals surface area (Å²) in [6, 6.07) is 6.68. The second-order valence-electron chi connectivity index (χ2n) is 3.67. The standard InChI is InChI=1S/C12H12N4O3/c1-7-10(11(17)16-13-7)15-14-9-6-4-3-5-8(9)12(18)19-2/h3-6,13-14H,1H2,2H3,(H,16,17). The molecule has 0 radical (unpaired) electrons. The Morgan fingerprint density at radius 1 is 1.37 bits per heavy atom. The molecule has 1 amide bonds. The molecule has 2 rings (SSSR count). The van der Waals surface area contributed by atoms with Gasteiger partial charge in [0.05, 0.1) is 24.1 Å². The van der Waals surface area contributed by atoms with Crippen LogP contribution in [0.4, 0.5) is 5.69 Å². The van der Waals surface area contributed by atoms with Crippen LogP contribution in [0.5, 0.6) is 0 Å². The van der Waals surface area contributed by atoms with Crippen LogP contribution in [0, 0.1) is 0 Å². The molecular formula is C12H12N4O3. The number of carbonyl (C=O) groups excluding carboxylic acids is 2. The molecule has 1 aliphatic heterocycles. The minimum absolute atomic E-state index is 0.125. The Bertz CT molecular complexity index is 562. The average Bonchev–Trinajstić information content (AvgIpc) is 2.75. The van der Waals surface area contributed by atoms with Gasteiger partial charge in [0.1, 0.15) is 0 Å². The zero-order chi connectivity index (χ0) is 13.8. The lowest BCUT2D eigenvalue weighted by Crippen LogP contribution is -2.26. The minimum Gasteiger partial charge on any atom is -0.465 e. The van der Waals surface area contributed by atoms with Gasteiger partial charge in [-0.3, -0.25) is 21.1 Å². The number of hydrazone groups is 1. The van der Waals surface area contributed by atoms with E-state index in [1.807, 2.05) is 0 Å². The number of hydrogen-bond donors (Lipinski definition) is 3. The maximum absolute atomic E-state index is 11.5. The highest BCUT2D eigenvalue weighted by Gasteiger charge is 2.22. The van der Waals surface area contributed by atoms with Crippen LogP contribution in [0.15, 0.2) is 41.6 Å². The Kier molecular flexibility index (Phi) is 3.46. The summed E-state index contributed by atoms with van der Waals surface area (Å²) >= 11 is 0. The van der Waals surface area contributed by atoms with Crippen molar-refractivity contribution in [2.45, 2.75) is 0 Å². The molecule has 7 heteroatoms. The molecule has 0 spiro atoms. The first kappa shape index (κ1) is 12.6. The van der Waals surface area contributed by atoms with Crippen molar-refractivity contribution in [3.63, 3.8) is 0 Å². The third-order valence-corrected chi connectivity index (χ3v) is 2.45. The number of hydrogen-bond acceptors (Lipinski definition) is 6. The highest BCUT2D eigenvalue weighted by atomic mass is 16.5. The first-order valence-electron chi connectivity index (χ1n) is 5.40. The maximum Gasteiger partial charge on any atom is 0.340 e. The molecule has 0 aliphatic carbocycles. The molecule has 0 saturated carbocycles. The Labute approximate surface area is 109 Å². The summed E-state index contributed by atoms with van der Waals surface area (Å²) in [4.78, 5) is 22.9. The quantitative estimate of drug-likeness (QED) is 0.540. The van der Waals surface area contributed by atoms with Gasteiger partial charge in [0, 0.05) is 0 Å². The molecule has 7 nitrogen and oxygen atoms in total. The third-order valence-electron chi connectivity index (χ3n) is 2.45. The lowest BCUT2D eigenvalue weighted by Gasteiger charge is -2.06. The number of rotatable bonds is 3. The predicted octanol–water partition coefficient (Wildman–Crippen LogP) is 0.389. The van der Waals surface area contributed by atoms with Crippen molar-refractivity contribution in [3.05, 3.63) is 42.1 Å². The molecule has 0 bridgehead atoms. The second-order valence-corrected chi connectivity index (χ2v) is 3.67. The number of methoxy groups -OCH3 is 1. The molecule has 0 unspecified atom stereocenters. The van der Waals surface area contributed by atoms with Gasteiger partial charge in [0.25, 0.3) is 5.91 Å². The summed E-state index contributed by atoms with van der Waals surface area (Å²) in [7, 11) is 1.29. The van der Waals surface area contributed by atoms with Crippen molar-refractivity contribution in [1.29, 1.82) is 0 Å². The number of hydrazine groups is 1. The van der Waals surface area contributed by atoms with Crippen molar-refractivity contribution in [2.75, 3.05) is 12.5 Å². The Morgan fingerprint density at radius 2 is 2.11 bits per heavy atom. The van der Waals surface area contributed by atoms with Crippen LogP contribution in [0.3, 0.4) is 0 Å². The Balaban J connectivity index is 2.25. The fourth-order valence-electron chi connectivity index (χ4n) is 1.49. The van der Waals surface area contributed by atoms with E-state index in [1.165, 1.54) is 7.11 Å². The Morgan fingerprint density at radius 3 is 2.74 bits per heavy atom. The molecule has 1 saturated heterocycles. The fourth-order valence-corrected chi connectivity index (χ4v) is 1.49. The van der Waals surface area contributed by atoms with Crippen LogP contribution in [0.2, 0.25) is 0 Å². The van der Waals surface area contributed by atoms with Crippen molar-refractivity contribution < 1.29 is 14.3 Å². The van der Waals surface area contributed by atoms with E-state index >= 15 is 0 Å². The monoisotopic (exact) mass is 260 g/mol. The molecule has 1 aromatic rings. The summed E-state index contributed by atoms with van der Waals surface area (Å²) in [6.07, 6.45) is 0. The first-order chi connectivity index (χ1) is 9.13. The molecular weight excluding hydrogens is 248 g/mol. The average molecular weight is 260 g/mol. The van der Waals surface area contributed by atoms with E-state index in [9.17, 15) is 9.59 Å². The topological polar surface area (TPSA) is 91.8 Å². The van der Waals surface area contributed by atoms with Gasteiger partial charge in [0.2, 0.25) is 0 Å². The fraction of sp³-hybridized carbons (Fsp3) is 0.0833. The number of ether oxygens (including phenoxy) is 1. The number of para-hydroxylation sites is 1. The number of amides is 1. The lowest BCUT2D eigenvalue weighted by atomic mass is 10.2. The van der Waals surface area contributed by atoms with Gasteiger partial charge in [0.15, 0.2) is 5.71 Å². The molecule has 1 aromatic carbocycles. The normalized spacial score (nSPS) is 15.9. The third kappa shape index (κ3) is 2.54. The van der Waals surface area contributed by atoms with Crippen molar-refractivity contribution >= 4 is 23.3 Å². The van der Waals surface area contributed by atoms with E-state index < -0.39 is 11.9 Å². The van der Waals surface area contributed by atoms with E-state index in [1.54, 1.807) is 24.3 Å². The van der Waals surface area contributed by atoms with E-state index in [4.69, 9.17) is 0 Å². The van der Waals surface area contributed by atoms with Crippen LogP contribution in [0.1, 0.15) is 10.4 Å². The number of carbonyl (C=O) groups is 2. The van der Waals surface area contributed by atoms with Gasteiger partial charge in [-0.2, -0.15) is 5.10 Å². The first-order valence-corrected chi connectivity index (χ1v) is 5.40. The second kappa shape index (κ2) is 5.21. The van der Waals surface area contributed by atoms with E-state index in [0.717, 1.165) is 0 Å². The van der Waals surface area contributed by atoms with Gasteiger partial charge >= 0.3 is 5.97 Å². The smallest absolute Gasteiger partial charge is 0.340 e. The number of nitrogens with one attached hydrogen (secondary N) is 3. The van der Waals surface area contributed by atoms with Crippen LogP contribution in [0.25, 0.3) is 0 Å². The predicted molar refractivity (Wildman–Crippen MR) is 69.3 cm³/mol. The van der Waals surface area contributed by atoms with E-state index in [0.29, 0.717) is 16.9 Å². The summed E-state index contributed by atoms with van der Waals surface area (Å²) in [5, 5.41) is 3.92. The summed E-state index contributed by atoms with van der Waals surface area (Å²) in [5.74, 6) is -0.885. The molecule has 98 valence electrons. The van der Waals surface area contributed by atoms with Crippen LogP contribution in [-0.4, -0.2) is 24.7 Å². The molecule has 0 atom stereocenters. The zero-order valence-electron chi connectivity index (χ0n) is 10.2. The number of benzene rings is 1. The molecule has 19 heavy (non-hydrogen) atoms. The van der Waals surface area contributed by atoms with E-state index in [2.05, 4.69) is 32.7 Å². The lowest BCUT2D eigenvalue weighted by molar-refractivity contribution is -0.114. The largest absolute Gasteiger partial charge is 0.465 e. The highest BCUT2D eigenvalue weighted by molar-refractivity contribution is 6.46. The van der Waals surface area contributed by atoms with Crippen LogP contribution < -0.4 is 16.3 Å². The highest BCUT2D eigenvalue weighted by Crippen LogP contribution is 2.16. The van der Waals surface area contributed by atoms with Gasteiger partial charge in [-0.05, 0) is 12.1 Å². The molecule has 3 N–H and O–H groups in total. The molecule has 0 aromatic heterocycles. The number of nitrogens with zero attached hydrogens (tertiary/aromatic N) is 1. The van der Waals surface area contributed by atoms with Gasteiger partial charge in [-0.25, -0.2) is 4.79 Å². The maximum atomic E-state index is 11.5. The number of esters is 1. The molecule has 1 heterocycles. The van der Waals surface area contributed by atoms with Crippen molar-refractivity contribution in [1.82, 2.24) is 10.9 Å². The summed E-state index contributed by atoms with van der Waals surface area (Å²) in [5.41, 5.74) is 8.80. The van der Waals surface area contributed by atoms with Crippen LogP contribution in [-0.2, 0) is 9.53 Å². The van der Waals surface area contributed by atoms with Gasteiger partial charge < -0.3 is 4.74 Å². The van der Waals surface area contributed by atoms with E-state index in [-0.39, 0.29) is 5.71 Å². The Hall–Kier alpha value is -2.83. The van der Waals surface area contributed by atoms with Crippen LogP contribution >= 0.6 is 0 Å². The molecule has 1 fully saturated rings. The summed E-state index contributed by atoms with van der Waals surface area (Å²) in [6.45, 7) is 3.62. The minimum atomic E-state index is -0.490. The van der Waals surface area contributed by atoms with Crippen molar-refractivity contribution in [2.24, 2.45) is 5.10 Å². The molecule has 1 aliphatic rings. The number of anilines is 1. The summed E-state index contributed by atoms with van der Waals surface area (Å²) < 4.78 is 4.65. The van der Waals surface area contributed by atoms with Gasteiger partial charge in [-0.1, -0.05) is 18.7 Å². The SMILES string of the molecule is C=C1NNC(=O)C1=NNc1ccccc1C(=O)OC.